The van der Waals surface area contributed by atoms with Crippen LogP contribution in [0.1, 0.15) is 18.4 Å². The molecule has 0 spiro atoms. The van der Waals surface area contributed by atoms with Crippen molar-refractivity contribution >= 4 is 5.69 Å². The van der Waals surface area contributed by atoms with Crippen molar-refractivity contribution in [3.05, 3.63) is 23.8 Å². The molecule has 1 aromatic rings. The van der Waals surface area contributed by atoms with E-state index in [0.717, 1.165) is 17.0 Å². The molecular formula is C12H19NO2. The van der Waals surface area contributed by atoms with E-state index in [1.807, 2.05) is 38.1 Å². The molecule has 0 aliphatic carbocycles. The van der Waals surface area contributed by atoms with Crippen LogP contribution in [0.15, 0.2) is 18.2 Å². The van der Waals surface area contributed by atoms with Crippen molar-refractivity contribution in [3.63, 3.8) is 0 Å². The van der Waals surface area contributed by atoms with Crippen molar-refractivity contribution in [2.75, 3.05) is 32.7 Å². The van der Waals surface area contributed by atoms with Crippen LogP contribution >= 0.6 is 0 Å². The van der Waals surface area contributed by atoms with Crippen molar-refractivity contribution in [1.29, 1.82) is 0 Å². The molecule has 1 aromatic carbocycles. The summed E-state index contributed by atoms with van der Waals surface area (Å²) in [6.45, 7) is 2.12. The normalized spacial score (nSPS) is 12.3. The second-order valence-corrected chi connectivity index (χ2v) is 3.90. The second-order valence-electron chi connectivity index (χ2n) is 3.90. The number of aliphatic hydroxyl groups is 1. The summed E-state index contributed by atoms with van der Waals surface area (Å²) in [5.74, 6) is 0.932. The van der Waals surface area contributed by atoms with Gasteiger partial charge in [-0.05, 0) is 18.2 Å². The maximum Gasteiger partial charge on any atom is 0.122 e. The molecule has 0 aliphatic heterocycles. The average molecular weight is 209 g/mol. The summed E-state index contributed by atoms with van der Waals surface area (Å²) < 4.78 is 5.27. The van der Waals surface area contributed by atoms with Crippen LogP contribution in [0.4, 0.5) is 5.69 Å². The Morgan fingerprint density at radius 3 is 2.53 bits per heavy atom. The van der Waals surface area contributed by atoms with Crippen LogP contribution in [0.5, 0.6) is 5.75 Å². The molecular weight excluding hydrogens is 190 g/mol. The fourth-order valence-electron chi connectivity index (χ4n) is 1.48. The van der Waals surface area contributed by atoms with Crippen LogP contribution in [0.3, 0.4) is 0 Å². The first-order valence-electron chi connectivity index (χ1n) is 5.06. The maximum absolute atomic E-state index is 9.17. The highest BCUT2D eigenvalue weighted by Crippen LogP contribution is 2.29. The van der Waals surface area contributed by atoms with Gasteiger partial charge in [-0.3, -0.25) is 0 Å². The number of ether oxygens (including phenoxy) is 1. The number of methoxy groups -OCH3 is 1. The molecule has 0 amide bonds. The Bertz CT molecular complexity index is 323. The number of nitrogens with zero attached hydrogens (tertiary/aromatic N) is 1. The van der Waals surface area contributed by atoms with Crippen LogP contribution in [-0.4, -0.2) is 32.9 Å². The minimum absolute atomic E-state index is 0.0971. The molecule has 0 bridgehead atoms. The zero-order valence-electron chi connectivity index (χ0n) is 9.82. The number of anilines is 1. The van der Waals surface area contributed by atoms with Crippen LogP contribution in [0.2, 0.25) is 0 Å². The molecule has 3 nitrogen and oxygen atoms in total. The van der Waals surface area contributed by atoms with E-state index in [1.165, 1.54) is 0 Å². The number of rotatable bonds is 4. The van der Waals surface area contributed by atoms with E-state index < -0.39 is 0 Å². The molecule has 1 atom stereocenters. The second kappa shape index (κ2) is 5.03. The standard InChI is InChI=1S/C12H19NO2/c1-9(8-14)11-7-10(13(2)3)5-6-12(11)15-4/h5-7,9,14H,8H2,1-4H3. The Balaban J connectivity index is 3.13. The van der Waals surface area contributed by atoms with Crippen molar-refractivity contribution in [2.24, 2.45) is 0 Å². The smallest absolute Gasteiger partial charge is 0.122 e. The molecule has 3 heteroatoms. The third-order valence-electron chi connectivity index (χ3n) is 2.53. The van der Waals surface area contributed by atoms with E-state index in [9.17, 15) is 0 Å². The molecule has 0 radical (unpaired) electrons. The number of benzene rings is 1. The van der Waals surface area contributed by atoms with Gasteiger partial charge in [-0.1, -0.05) is 6.92 Å². The minimum atomic E-state index is 0.0971. The Hall–Kier alpha value is -1.22. The Labute approximate surface area is 91.3 Å². The van der Waals surface area contributed by atoms with Gasteiger partial charge in [-0.2, -0.15) is 0 Å². The number of hydrogen-bond acceptors (Lipinski definition) is 3. The van der Waals surface area contributed by atoms with Gasteiger partial charge >= 0.3 is 0 Å². The Morgan fingerprint density at radius 2 is 2.07 bits per heavy atom. The van der Waals surface area contributed by atoms with Crippen LogP contribution in [0.25, 0.3) is 0 Å². The molecule has 1 rings (SSSR count). The predicted octanol–water partition coefficient (Wildman–Crippen LogP) is 1.86. The Morgan fingerprint density at radius 1 is 1.40 bits per heavy atom. The molecule has 1 unspecified atom stereocenters. The third-order valence-corrected chi connectivity index (χ3v) is 2.53. The molecule has 1 N–H and O–H groups in total. The number of aliphatic hydroxyl groups excluding tert-OH is 1. The quantitative estimate of drug-likeness (QED) is 0.821. The van der Waals surface area contributed by atoms with Crippen molar-refractivity contribution in [3.8, 4) is 5.75 Å². The summed E-state index contributed by atoms with van der Waals surface area (Å²) in [6, 6.07) is 6.00. The lowest BCUT2D eigenvalue weighted by Crippen LogP contribution is -2.10. The fourth-order valence-corrected chi connectivity index (χ4v) is 1.48. The zero-order chi connectivity index (χ0) is 11.4. The van der Waals surface area contributed by atoms with Gasteiger partial charge < -0.3 is 14.7 Å². The van der Waals surface area contributed by atoms with Gasteiger partial charge in [0.25, 0.3) is 0 Å². The highest BCUT2D eigenvalue weighted by atomic mass is 16.5. The van der Waals surface area contributed by atoms with Crippen molar-refractivity contribution in [2.45, 2.75) is 12.8 Å². The SMILES string of the molecule is COc1ccc(N(C)C)cc1C(C)CO. The van der Waals surface area contributed by atoms with Gasteiger partial charge in [0.1, 0.15) is 5.75 Å². The summed E-state index contributed by atoms with van der Waals surface area (Å²) in [4.78, 5) is 2.03. The summed E-state index contributed by atoms with van der Waals surface area (Å²) in [7, 11) is 5.64. The van der Waals surface area contributed by atoms with Crippen molar-refractivity contribution < 1.29 is 9.84 Å². The van der Waals surface area contributed by atoms with Gasteiger partial charge in [0.2, 0.25) is 0 Å². The molecule has 0 aliphatic rings. The first-order valence-corrected chi connectivity index (χ1v) is 5.06. The van der Waals surface area contributed by atoms with Gasteiger partial charge in [-0.15, -0.1) is 0 Å². The summed E-state index contributed by atoms with van der Waals surface area (Å²) in [5.41, 5.74) is 2.16. The largest absolute Gasteiger partial charge is 0.496 e. The summed E-state index contributed by atoms with van der Waals surface area (Å²) in [6.07, 6.45) is 0. The minimum Gasteiger partial charge on any atom is -0.496 e. The monoisotopic (exact) mass is 209 g/mol. The highest BCUT2D eigenvalue weighted by Gasteiger charge is 2.11. The first kappa shape index (κ1) is 11.9. The van der Waals surface area contributed by atoms with E-state index >= 15 is 0 Å². The molecule has 84 valence electrons. The highest BCUT2D eigenvalue weighted by molar-refractivity contribution is 5.53. The topological polar surface area (TPSA) is 32.7 Å². The van der Waals surface area contributed by atoms with E-state index in [2.05, 4.69) is 6.07 Å². The predicted molar refractivity (Wildman–Crippen MR) is 62.8 cm³/mol. The molecule has 0 saturated heterocycles. The molecule has 0 aromatic heterocycles. The lowest BCUT2D eigenvalue weighted by atomic mass is 10.00. The van der Waals surface area contributed by atoms with Gasteiger partial charge in [-0.25, -0.2) is 0 Å². The third kappa shape index (κ3) is 2.63. The lowest BCUT2D eigenvalue weighted by molar-refractivity contribution is 0.270. The van der Waals surface area contributed by atoms with Gasteiger partial charge in [0.05, 0.1) is 7.11 Å². The maximum atomic E-state index is 9.17. The van der Waals surface area contributed by atoms with E-state index in [4.69, 9.17) is 9.84 Å². The fraction of sp³-hybridized carbons (Fsp3) is 0.500. The van der Waals surface area contributed by atoms with Gasteiger partial charge in [0.15, 0.2) is 0 Å². The summed E-state index contributed by atoms with van der Waals surface area (Å²) >= 11 is 0. The zero-order valence-corrected chi connectivity index (χ0v) is 9.82. The first-order chi connectivity index (χ1) is 7.10. The van der Waals surface area contributed by atoms with Crippen LogP contribution in [0, 0.1) is 0 Å². The van der Waals surface area contributed by atoms with E-state index in [-0.39, 0.29) is 12.5 Å². The molecule has 0 heterocycles. The van der Waals surface area contributed by atoms with E-state index in [1.54, 1.807) is 7.11 Å². The Kier molecular flexibility index (Phi) is 3.97. The molecule has 0 fully saturated rings. The number of hydrogen-bond donors (Lipinski definition) is 1. The van der Waals surface area contributed by atoms with Gasteiger partial charge in [0, 0.05) is 37.9 Å². The van der Waals surface area contributed by atoms with Crippen LogP contribution < -0.4 is 9.64 Å². The van der Waals surface area contributed by atoms with E-state index in [0.29, 0.717) is 0 Å². The average Bonchev–Trinajstić information content (AvgIpc) is 2.27. The lowest BCUT2D eigenvalue weighted by Gasteiger charge is -2.18. The summed E-state index contributed by atoms with van der Waals surface area (Å²) in [5, 5.41) is 9.17. The molecule has 0 saturated carbocycles. The molecule has 15 heavy (non-hydrogen) atoms. The van der Waals surface area contributed by atoms with Crippen LogP contribution in [-0.2, 0) is 0 Å². The van der Waals surface area contributed by atoms with Crippen molar-refractivity contribution in [1.82, 2.24) is 0 Å².